The zero-order valence-electron chi connectivity index (χ0n) is 48.0. The number of hydrogen-bond donors (Lipinski definition) is 12. The Morgan fingerprint density at radius 2 is 1.39 bits per heavy atom. The van der Waals surface area contributed by atoms with Crippen molar-refractivity contribution in [2.75, 3.05) is 45.1 Å². The smallest absolute Gasteiger partial charge is 0.326 e. The van der Waals surface area contributed by atoms with Crippen molar-refractivity contribution in [2.24, 2.45) is 39.8 Å². The van der Waals surface area contributed by atoms with Crippen molar-refractivity contribution in [3.8, 4) is 0 Å². The molecule has 3 aliphatic rings. The van der Waals surface area contributed by atoms with Gasteiger partial charge in [0.1, 0.15) is 42.3 Å². The SMILES string of the molecule is CCCCCCC1CC(=O)N(SC[C@H](NC(=O)[C@H](CO)NC(=O)[C@H](Cc2ccccc2)NC(=O)CNC(=O)[C@@H]2CCCN2C(=O)[C@@H]2CCCN2C(=O)[C@H](CCCN=C(N)N)NC(=O)[C@@H](N)CCCCN)C(=O)N[C@@H](CC(C)C)C(=O)O)C1=O. The van der Waals surface area contributed by atoms with Crippen LogP contribution in [0.25, 0.3) is 0 Å². The number of hydrogen-bond acceptors (Lipinski definition) is 16. The number of carboxylic acid groups (broad SMARTS) is 1. The largest absolute Gasteiger partial charge is 0.480 e. The number of nitrogens with two attached hydrogens (primary N) is 4. The van der Waals surface area contributed by atoms with E-state index in [1.807, 2.05) is 6.92 Å². The van der Waals surface area contributed by atoms with E-state index in [-0.39, 0.29) is 70.0 Å². The van der Waals surface area contributed by atoms with Crippen LogP contribution in [-0.2, 0) is 59.2 Å². The van der Waals surface area contributed by atoms with E-state index in [9.17, 15) is 63.0 Å². The number of carbonyl (C=O) groups is 11. The zero-order chi connectivity index (χ0) is 61.2. The fourth-order valence-corrected chi connectivity index (χ4v) is 11.2. The fraction of sp³-hybridized carbons (Fsp3) is 0.673. The van der Waals surface area contributed by atoms with E-state index >= 15 is 0 Å². The van der Waals surface area contributed by atoms with Gasteiger partial charge in [-0.05, 0) is 94.2 Å². The molecule has 3 saturated heterocycles. The predicted molar refractivity (Wildman–Crippen MR) is 308 cm³/mol. The first-order chi connectivity index (χ1) is 39.6. The molecule has 3 fully saturated rings. The summed E-state index contributed by atoms with van der Waals surface area (Å²) in [6.45, 7) is 4.87. The number of aliphatic carboxylic acids is 1. The van der Waals surface area contributed by atoms with Crippen LogP contribution < -0.4 is 54.8 Å². The molecule has 4 rings (SSSR count). The average molecular weight is 1190 g/mol. The summed E-state index contributed by atoms with van der Waals surface area (Å²) in [5.74, 6) is -9.62. The summed E-state index contributed by atoms with van der Waals surface area (Å²) in [4.78, 5) is 156. The third-order valence-electron chi connectivity index (χ3n) is 14.6. The number of rotatable bonds is 36. The van der Waals surface area contributed by atoms with E-state index in [0.717, 1.165) is 30.0 Å². The first-order valence-electron chi connectivity index (χ1n) is 28.9. The van der Waals surface area contributed by atoms with Crippen LogP contribution >= 0.6 is 11.9 Å². The second-order valence-electron chi connectivity index (χ2n) is 21.7. The molecule has 16 N–H and O–H groups in total. The van der Waals surface area contributed by atoms with Crippen molar-refractivity contribution >= 4 is 82.9 Å². The zero-order valence-corrected chi connectivity index (χ0v) is 48.8. The number of benzene rings is 1. The Morgan fingerprint density at radius 1 is 0.747 bits per heavy atom. The third-order valence-corrected chi connectivity index (χ3v) is 15.8. The molecule has 0 spiro atoms. The Hall–Kier alpha value is -6.91. The minimum Gasteiger partial charge on any atom is -0.480 e. The van der Waals surface area contributed by atoms with Gasteiger partial charge in [0.2, 0.25) is 59.1 Å². The molecule has 27 nitrogen and oxygen atoms in total. The summed E-state index contributed by atoms with van der Waals surface area (Å²) in [5, 5.41) is 35.5. The van der Waals surface area contributed by atoms with Crippen LogP contribution in [-0.4, -0.2) is 189 Å². The summed E-state index contributed by atoms with van der Waals surface area (Å²) in [7, 11) is 0. The number of amides is 10. The average Bonchev–Trinajstić information content (AvgIpc) is 4.34. The van der Waals surface area contributed by atoms with Gasteiger partial charge in [0.15, 0.2) is 5.96 Å². The number of unbranched alkanes of at least 4 members (excludes halogenated alkanes) is 4. The van der Waals surface area contributed by atoms with Gasteiger partial charge in [0, 0.05) is 44.1 Å². The molecule has 3 aliphatic heterocycles. The van der Waals surface area contributed by atoms with E-state index < -0.39 is 138 Å². The Labute approximate surface area is 489 Å². The van der Waals surface area contributed by atoms with Gasteiger partial charge < -0.3 is 74.8 Å². The number of imide groups is 1. The molecule has 10 amide bonds. The molecule has 0 radical (unpaired) electrons. The molecule has 1 unspecified atom stereocenters. The van der Waals surface area contributed by atoms with E-state index in [0.29, 0.717) is 69.0 Å². The summed E-state index contributed by atoms with van der Waals surface area (Å²) >= 11 is 0.677. The van der Waals surface area contributed by atoms with Crippen molar-refractivity contribution in [3.05, 3.63) is 35.9 Å². The van der Waals surface area contributed by atoms with Crippen molar-refractivity contribution in [1.29, 1.82) is 0 Å². The molecule has 9 atom stereocenters. The van der Waals surface area contributed by atoms with Gasteiger partial charge in [0.25, 0.3) is 0 Å². The molecule has 0 bridgehead atoms. The predicted octanol–water partition coefficient (Wildman–Crippen LogP) is -1.62. The molecule has 0 aromatic heterocycles. The number of carboxylic acids is 1. The minimum absolute atomic E-state index is 0.0242. The monoisotopic (exact) mass is 1180 g/mol. The molecule has 83 heavy (non-hydrogen) atoms. The van der Waals surface area contributed by atoms with Crippen molar-refractivity contribution in [1.82, 2.24) is 46.0 Å². The maximum Gasteiger partial charge on any atom is 0.326 e. The maximum absolute atomic E-state index is 14.3. The number of carbonyl (C=O) groups excluding carboxylic acids is 10. The molecule has 1 aromatic rings. The van der Waals surface area contributed by atoms with Gasteiger partial charge >= 0.3 is 5.97 Å². The highest BCUT2D eigenvalue weighted by Gasteiger charge is 2.44. The number of aliphatic hydroxyl groups excluding tert-OH is 1. The topological polar surface area (TPSA) is 427 Å². The summed E-state index contributed by atoms with van der Waals surface area (Å²) < 4.78 is 0.940. The quantitative estimate of drug-likeness (QED) is 0.0118. The molecular formula is C55H88N14O13S. The molecule has 462 valence electrons. The third kappa shape index (κ3) is 22.0. The first kappa shape index (κ1) is 68.6. The highest BCUT2D eigenvalue weighted by molar-refractivity contribution is 7.98. The summed E-state index contributed by atoms with van der Waals surface area (Å²) in [6, 6.07) is -1.61. The highest BCUT2D eigenvalue weighted by atomic mass is 32.2. The van der Waals surface area contributed by atoms with Gasteiger partial charge in [-0.1, -0.05) is 83.2 Å². The van der Waals surface area contributed by atoms with Crippen LogP contribution in [0.2, 0.25) is 0 Å². The van der Waals surface area contributed by atoms with Crippen molar-refractivity contribution in [3.63, 3.8) is 0 Å². The van der Waals surface area contributed by atoms with E-state index in [1.165, 1.54) is 9.80 Å². The number of nitrogens with zero attached hydrogens (tertiary/aromatic N) is 4. The summed E-state index contributed by atoms with van der Waals surface area (Å²) in [6.07, 6.45) is 7.45. The number of aliphatic hydroxyl groups is 1. The van der Waals surface area contributed by atoms with Crippen molar-refractivity contribution in [2.45, 2.75) is 178 Å². The highest BCUT2D eigenvalue weighted by Crippen LogP contribution is 2.31. The lowest BCUT2D eigenvalue weighted by Crippen LogP contribution is -2.60. The lowest BCUT2D eigenvalue weighted by atomic mass is 9.99. The van der Waals surface area contributed by atoms with E-state index in [2.05, 4.69) is 36.9 Å². The van der Waals surface area contributed by atoms with Crippen LogP contribution in [0.4, 0.5) is 0 Å². The van der Waals surface area contributed by atoms with Crippen LogP contribution in [0.5, 0.6) is 0 Å². The van der Waals surface area contributed by atoms with Gasteiger partial charge in [-0.15, -0.1) is 0 Å². The maximum atomic E-state index is 14.3. The molecule has 0 aliphatic carbocycles. The normalized spacial score (nSPS) is 19.0. The molecule has 1 aromatic carbocycles. The molecule has 0 saturated carbocycles. The molecule has 28 heteroatoms. The standard InChI is InChI=1S/C55H88N14O13S/c1-4-5-6-10-18-35-29-45(72)69(51(35)78)83-32-41(49(76)64-39(54(81)82)27-33(2)3)66-48(75)40(31-70)65-47(74)38(28-34-16-8-7-9-17-34)62-44(71)30-61-50(77)42-21-14-25-67(42)53(80)43-22-15-26-68(43)52(79)37(20-13-24-60-55(58)59)63-46(73)36(57)19-11-12-23-56/h7-9,16-17,33,35-43,70H,4-6,10-15,18-32,56-57H2,1-3H3,(H,61,77)(H,62,71)(H,63,73)(H,64,76)(H,65,74)(H,66,75)(H,81,82)(H4,58,59,60)/t35?,36-,37-,38-,39-,40-,41-,42-,43-/m0/s1. The minimum atomic E-state index is -1.75. The van der Waals surface area contributed by atoms with Gasteiger partial charge in [-0.3, -0.25) is 52.9 Å². The van der Waals surface area contributed by atoms with Crippen LogP contribution in [0.1, 0.15) is 129 Å². The lowest BCUT2D eigenvalue weighted by Gasteiger charge is -2.33. The lowest BCUT2D eigenvalue weighted by molar-refractivity contribution is -0.148. The first-order valence-corrected chi connectivity index (χ1v) is 29.8. The molecule has 3 heterocycles. The Morgan fingerprint density at radius 3 is 2.04 bits per heavy atom. The van der Waals surface area contributed by atoms with Crippen LogP contribution in [0.15, 0.2) is 35.3 Å². The van der Waals surface area contributed by atoms with Gasteiger partial charge in [0.05, 0.1) is 19.2 Å². The van der Waals surface area contributed by atoms with Crippen molar-refractivity contribution < 1.29 is 63.0 Å². The Balaban J connectivity index is 1.44. The van der Waals surface area contributed by atoms with Crippen LogP contribution in [0.3, 0.4) is 0 Å². The number of aliphatic imine (C=N–C) groups is 1. The van der Waals surface area contributed by atoms with Gasteiger partial charge in [-0.25, -0.2) is 9.10 Å². The van der Waals surface area contributed by atoms with Gasteiger partial charge in [-0.2, -0.15) is 0 Å². The fourth-order valence-electron chi connectivity index (χ4n) is 10.1. The second-order valence-corrected chi connectivity index (χ2v) is 22.7. The molecular weight excluding hydrogens is 1100 g/mol. The number of likely N-dealkylation sites (tertiary alicyclic amines) is 2. The number of nitrogens with one attached hydrogen (secondary N) is 6. The summed E-state index contributed by atoms with van der Waals surface area (Å²) in [5.41, 5.74) is 23.3. The van der Waals surface area contributed by atoms with Crippen LogP contribution in [0, 0.1) is 11.8 Å². The Bertz CT molecular complexity index is 2420. The Kier molecular flexibility index (Phi) is 29.2. The number of guanidine groups is 1. The van der Waals surface area contributed by atoms with E-state index in [1.54, 1.807) is 44.2 Å². The second kappa shape index (κ2) is 35.3. The van der Waals surface area contributed by atoms with E-state index in [4.69, 9.17) is 22.9 Å².